The number of hydrogen-bond donors (Lipinski definition) is 0. The molecule has 0 amide bonds. The third-order valence-corrected chi connectivity index (χ3v) is 3.11. The van der Waals surface area contributed by atoms with Crippen molar-refractivity contribution in [2.24, 2.45) is 0 Å². The van der Waals surface area contributed by atoms with Crippen LogP contribution in [0.25, 0.3) is 21.5 Å². The fraction of sp³-hybridized carbons (Fsp3) is 0.0455. The summed E-state index contributed by atoms with van der Waals surface area (Å²) in [5, 5.41) is 5.39. The van der Waals surface area contributed by atoms with Crippen LogP contribution in [0, 0.1) is 27.5 Å². The molecular formula is C22H23Cl2Zr-5. The third-order valence-electron chi connectivity index (χ3n) is 3.11. The Hall–Kier alpha value is -1.01. The van der Waals surface area contributed by atoms with E-state index >= 15 is 0 Å². The van der Waals surface area contributed by atoms with Crippen molar-refractivity contribution >= 4 is 21.5 Å². The fourth-order valence-electron chi connectivity index (χ4n) is 2.24. The van der Waals surface area contributed by atoms with Crippen LogP contribution in [0.1, 0.15) is 6.42 Å². The van der Waals surface area contributed by atoms with E-state index in [4.69, 9.17) is 0 Å². The Morgan fingerprint density at radius 1 is 0.840 bits per heavy atom. The van der Waals surface area contributed by atoms with Gasteiger partial charge in [0.2, 0.25) is 0 Å². The molecule has 3 aromatic carbocycles. The summed E-state index contributed by atoms with van der Waals surface area (Å²) in [5.74, 6) is 0. The summed E-state index contributed by atoms with van der Waals surface area (Å²) in [6.07, 6.45) is 10.0. The Morgan fingerprint density at radius 2 is 1.28 bits per heavy atom. The van der Waals surface area contributed by atoms with Gasteiger partial charge in [-0.3, -0.25) is 12.7 Å². The molecule has 25 heavy (non-hydrogen) atoms. The number of allylic oxidation sites excluding steroid dienone is 4. The molecular weight excluding hydrogens is 426 g/mol. The minimum atomic E-state index is 0. The molecule has 4 rings (SSSR count). The Balaban J connectivity index is -0.000000162. The number of benzene rings is 2. The second-order valence-electron chi connectivity index (χ2n) is 4.32. The predicted octanol–water partition coefficient (Wildman–Crippen LogP) is 0.529. The molecule has 0 unspecified atom stereocenters. The van der Waals surface area contributed by atoms with Crippen LogP contribution in [-0.2, 0) is 26.2 Å². The van der Waals surface area contributed by atoms with Crippen LogP contribution in [0.2, 0.25) is 0 Å². The Bertz CT molecular complexity index is 681. The molecule has 0 radical (unpaired) electrons. The van der Waals surface area contributed by atoms with Crippen molar-refractivity contribution in [1.82, 2.24) is 0 Å². The topological polar surface area (TPSA) is 0 Å². The molecule has 0 aliphatic heterocycles. The summed E-state index contributed by atoms with van der Waals surface area (Å²) in [7, 11) is 0. The first-order valence-electron chi connectivity index (χ1n) is 6.61. The maximum Gasteiger partial charge on any atom is 2.00 e. The first-order chi connectivity index (χ1) is 9.95. The number of hydrogen-bond acceptors (Lipinski definition) is 0. The number of halogens is 2. The van der Waals surface area contributed by atoms with Gasteiger partial charge in [0, 0.05) is 0 Å². The average Bonchev–Trinajstić information content (AvgIpc) is 3.20. The summed E-state index contributed by atoms with van der Waals surface area (Å²) in [4.78, 5) is 0. The van der Waals surface area contributed by atoms with Crippen LogP contribution in [0.15, 0.2) is 79.4 Å². The maximum atomic E-state index is 4.25. The van der Waals surface area contributed by atoms with Crippen LogP contribution in [0.5, 0.6) is 0 Å². The molecule has 0 fully saturated rings. The van der Waals surface area contributed by atoms with Crippen molar-refractivity contribution in [2.45, 2.75) is 6.42 Å². The van der Waals surface area contributed by atoms with Gasteiger partial charge in [-0.15, -0.1) is 46.2 Å². The zero-order valence-electron chi connectivity index (χ0n) is 14.7. The molecule has 1 aliphatic carbocycles. The van der Waals surface area contributed by atoms with E-state index in [1.165, 1.54) is 21.5 Å². The summed E-state index contributed by atoms with van der Waals surface area (Å²) in [6, 6.07) is 19.3. The van der Waals surface area contributed by atoms with Gasteiger partial charge in [-0.05, 0) is 0 Å². The quantitative estimate of drug-likeness (QED) is 0.440. The summed E-state index contributed by atoms with van der Waals surface area (Å²) in [5.41, 5.74) is 0. The minimum Gasteiger partial charge on any atom is -1.00 e. The van der Waals surface area contributed by atoms with E-state index in [-0.39, 0.29) is 65.9 Å². The van der Waals surface area contributed by atoms with Gasteiger partial charge in [0.05, 0.1) is 0 Å². The van der Waals surface area contributed by atoms with E-state index in [1.807, 2.05) is 12.2 Å². The van der Waals surface area contributed by atoms with E-state index in [9.17, 15) is 0 Å². The van der Waals surface area contributed by atoms with Crippen molar-refractivity contribution in [3.05, 3.63) is 107 Å². The monoisotopic (exact) mass is 447 g/mol. The molecule has 0 nitrogen and oxygen atoms in total. The normalized spacial score (nSPS) is 9.44. The van der Waals surface area contributed by atoms with Crippen molar-refractivity contribution in [2.75, 3.05) is 0 Å². The first kappa shape index (κ1) is 31.7. The molecule has 3 aromatic rings. The van der Waals surface area contributed by atoms with Crippen LogP contribution in [-0.4, -0.2) is 0 Å². The molecule has 1 aliphatic rings. The molecule has 0 atom stereocenters. The number of fused-ring (bicyclic) bond motifs is 3. The van der Waals surface area contributed by atoms with E-state index in [0.29, 0.717) is 0 Å². The Kier molecular flexibility index (Phi) is 22.6. The zero-order chi connectivity index (χ0) is 14.2. The smallest absolute Gasteiger partial charge is 1.00 e. The number of rotatable bonds is 0. The molecule has 0 saturated heterocycles. The molecule has 0 saturated carbocycles. The molecule has 0 aromatic heterocycles. The second-order valence-corrected chi connectivity index (χ2v) is 4.32. The van der Waals surface area contributed by atoms with Gasteiger partial charge in [0.25, 0.3) is 0 Å². The standard InChI is InChI=1S/C13H9.C5H5.C2H3.2CH3.2ClH.Zr/c1-3-7-12-10(5-1)9-11-6-2-4-8-13(11)12;1-2-4-5-3-1;1-2;;;;;/h1-9H;1-3H,4H2;1H,2H2;2*1H3;2*1H;/q5*-1;;;+2/p-2. The van der Waals surface area contributed by atoms with Crippen LogP contribution < -0.4 is 24.8 Å². The summed E-state index contributed by atoms with van der Waals surface area (Å²) in [6.45, 7) is 7.00. The largest absolute Gasteiger partial charge is 2.00 e. The van der Waals surface area contributed by atoms with Crippen molar-refractivity contribution in [3.8, 4) is 0 Å². The van der Waals surface area contributed by atoms with Crippen molar-refractivity contribution < 1.29 is 51.0 Å². The van der Waals surface area contributed by atoms with E-state index in [0.717, 1.165) is 6.42 Å². The van der Waals surface area contributed by atoms with E-state index < -0.39 is 0 Å². The zero-order valence-corrected chi connectivity index (χ0v) is 18.6. The van der Waals surface area contributed by atoms with Gasteiger partial charge >= 0.3 is 26.2 Å². The average molecular weight is 450 g/mol. The summed E-state index contributed by atoms with van der Waals surface area (Å²) < 4.78 is 0. The molecule has 0 N–H and O–H groups in total. The SMILES string of the molecule is [C-]1=CC=CC1.[CH-]=C.[CH3-].[CH3-].[Cl-].[Cl-].[Zr+2].c1ccc2c(c1)[cH-]c1ccccc12. The van der Waals surface area contributed by atoms with E-state index in [1.54, 1.807) is 0 Å². The van der Waals surface area contributed by atoms with Gasteiger partial charge < -0.3 is 46.2 Å². The molecule has 3 heteroatoms. The van der Waals surface area contributed by atoms with Gasteiger partial charge in [-0.1, -0.05) is 36.4 Å². The molecule has 0 heterocycles. The van der Waals surface area contributed by atoms with Crippen LogP contribution in [0.3, 0.4) is 0 Å². The molecule has 0 spiro atoms. The second kappa shape index (κ2) is 17.8. The molecule has 0 bridgehead atoms. The van der Waals surface area contributed by atoms with E-state index in [2.05, 4.69) is 79.9 Å². The Morgan fingerprint density at radius 3 is 1.60 bits per heavy atom. The fourth-order valence-corrected chi connectivity index (χ4v) is 2.24. The van der Waals surface area contributed by atoms with Crippen LogP contribution >= 0.6 is 0 Å². The maximum absolute atomic E-state index is 4.25. The van der Waals surface area contributed by atoms with Gasteiger partial charge in [-0.25, -0.2) is 12.2 Å². The van der Waals surface area contributed by atoms with Crippen LogP contribution in [0.4, 0.5) is 0 Å². The van der Waals surface area contributed by atoms with Gasteiger partial charge in [0.15, 0.2) is 0 Å². The van der Waals surface area contributed by atoms with Gasteiger partial charge in [-0.2, -0.15) is 6.08 Å². The Labute approximate surface area is 185 Å². The third kappa shape index (κ3) is 8.77. The van der Waals surface area contributed by atoms with Crippen molar-refractivity contribution in [3.63, 3.8) is 0 Å². The predicted molar refractivity (Wildman–Crippen MR) is 101 cm³/mol. The molecule has 134 valence electrons. The van der Waals surface area contributed by atoms with Crippen molar-refractivity contribution in [1.29, 1.82) is 0 Å². The van der Waals surface area contributed by atoms with Gasteiger partial charge in [0.1, 0.15) is 0 Å². The summed E-state index contributed by atoms with van der Waals surface area (Å²) >= 11 is 0. The first-order valence-corrected chi connectivity index (χ1v) is 6.61. The minimum absolute atomic E-state index is 0.